The van der Waals surface area contributed by atoms with Gasteiger partial charge >= 0.3 is 0 Å². The summed E-state index contributed by atoms with van der Waals surface area (Å²) in [5, 5.41) is 22.1. The average Bonchev–Trinajstić information content (AvgIpc) is 2.40. The molecule has 0 saturated heterocycles. The molecule has 0 aliphatic carbocycles. The minimum Gasteiger partial charge on any atom is -0.508 e. The first-order chi connectivity index (χ1) is 9.06. The van der Waals surface area contributed by atoms with Crippen LogP contribution in [0.4, 0.5) is 4.39 Å². The second kappa shape index (κ2) is 5.71. The summed E-state index contributed by atoms with van der Waals surface area (Å²) in [6.07, 6.45) is 0. The predicted molar refractivity (Wildman–Crippen MR) is 71.4 cm³/mol. The molecule has 0 aliphatic rings. The van der Waals surface area contributed by atoms with Crippen molar-refractivity contribution in [2.75, 3.05) is 0 Å². The van der Waals surface area contributed by atoms with E-state index in [4.69, 9.17) is 0 Å². The van der Waals surface area contributed by atoms with Crippen molar-refractivity contribution in [3.63, 3.8) is 0 Å². The maximum absolute atomic E-state index is 13.1. The van der Waals surface area contributed by atoms with Crippen molar-refractivity contribution in [2.45, 2.75) is 19.5 Å². The van der Waals surface area contributed by atoms with Crippen LogP contribution in [0.1, 0.15) is 24.1 Å². The van der Waals surface area contributed by atoms with Crippen molar-refractivity contribution >= 4 is 0 Å². The highest BCUT2D eigenvalue weighted by Gasteiger charge is 2.10. The van der Waals surface area contributed by atoms with Gasteiger partial charge in [-0.25, -0.2) is 4.39 Å². The molecule has 0 aliphatic heterocycles. The molecule has 0 spiro atoms. The third kappa shape index (κ3) is 3.45. The first-order valence-corrected chi connectivity index (χ1v) is 6.06. The number of halogens is 1. The summed E-state index contributed by atoms with van der Waals surface area (Å²) < 4.78 is 13.1. The van der Waals surface area contributed by atoms with Crippen molar-refractivity contribution in [2.24, 2.45) is 0 Å². The number of aromatic hydroxyl groups is 2. The lowest BCUT2D eigenvalue weighted by Gasteiger charge is -2.15. The van der Waals surface area contributed by atoms with Gasteiger partial charge in [0, 0.05) is 18.2 Å². The lowest BCUT2D eigenvalue weighted by Crippen LogP contribution is -2.18. The van der Waals surface area contributed by atoms with Crippen LogP contribution in [0.25, 0.3) is 0 Å². The van der Waals surface area contributed by atoms with Crippen LogP contribution in [-0.2, 0) is 6.54 Å². The van der Waals surface area contributed by atoms with Crippen LogP contribution in [-0.4, -0.2) is 10.2 Å². The number of nitrogens with one attached hydrogen (secondary N) is 1. The Kier molecular flexibility index (Phi) is 4.02. The fraction of sp³-hybridized carbons (Fsp3) is 0.200. The Morgan fingerprint density at radius 2 is 1.79 bits per heavy atom. The molecule has 2 rings (SSSR count). The number of hydrogen-bond acceptors (Lipinski definition) is 3. The lowest BCUT2D eigenvalue weighted by molar-refractivity contribution is 0.449. The Balaban J connectivity index is 2.03. The normalized spacial score (nSPS) is 12.3. The molecule has 0 fully saturated rings. The van der Waals surface area contributed by atoms with Crippen molar-refractivity contribution in [3.8, 4) is 11.5 Å². The summed E-state index contributed by atoms with van der Waals surface area (Å²) in [6.45, 7) is 2.42. The second-order valence-corrected chi connectivity index (χ2v) is 4.47. The minimum absolute atomic E-state index is 0.0760. The van der Waals surface area contributed by atoms with E-state index in [-0.39, 0.29) is 23.4 Å². The Bertz CT molecular complexity index is 555. The van der Waals surface area contributed by atoms with Gasteiger partial charge in [0.05, 0.1) is 0 Å². The van der Waals surface area contributed by atoms with E-state index in [1.54, 1.807) is 24.3 Å². The molecule has 0 radical (unpaired) electrons. The van der Waals surface area contributed by atoms with Gasteiger partial charge in [-0.1, -0.05) is 12.1 Å². The largest absolute Gasteiger partial charge is 0.508 e. The molecule has 2 aromatic rings. The van der Waals surface area contributed by atoms with Gasteiger partial charge in [-0.3, -0.25) is 0 Å². The predicted octanol–water partition coefficient (Wildman–Crippen LogP) is 3.09. The van der Waals surface area contributed by atoms with Gasteiger partial charge in [-0.2, -0.15) is 0 Å². The quantitative estimate of drug-likeness (QED) is 0.792. The summed E-state index contributed by atoms with van der Waals surface area (Å²) in [7, 11) is 0. The van der Waals surface area contributed by atoms with Gasteiger partial charge in [0.2, 0.25) is 0 Å². The number of benzene rings is 2. The van der Waals surface area contributed by atoms with Crippen LogP contribution in [0.15, 0.2) is 42.5 Å². The molecule has 2 aromatic carbocycles. The van der Waals surface area contributed by atoms with Crippen LogP contribution in [0, 0.1) is 5.82 Å². The van der Waals surface area contributed by atoms with E-state index >= 15 is 0 Å². The van der Waals surface area contributed by atoms with Crippen LogP contribution in [0.3, 0.4) is 0 Å². The van der Waals surface area contributed by atoms with E-state index in [1.165, 1.54) is 18.2 Å². The molecular weight excluding hydrogens is 245 g/mol. The van der Waals surface area contributed by atoms with Crippen molar-refractivity contribution < 1.29 is 14.6 Å². The third-order valence-corrected chi connectivity index (χ3v) is 3.00. The summed E-state index contributed by atoms with van der Waals surface area (Å²) in [4.78, 5) is 0. The summed E-state index contributed by atoms with van der Waals surface area (Å²) in [6, 6.07) is 10.6. The molecule has 1 atom stereocenters. The number of phenolic OH excluding ortho intramolecular Hbond substituents is 2. The second-order valence-electron chi connectivity index (χ2n) is 4.47. The van der Waals surface area contributed by atoms with E-state index in [9.17, 15) is 14.6 Å². The highest BCUT2D eigenvalue weighted by Crippen LogP contribution is 2.25. The van der Waals surface area contributed by atoms with E-state index in [1.807, 2.05) is 6.92 Å². The van der Waals surface area contributed by atoms with Gasteiger partial charge in [-0.05, 0) is 42.8 Å². The molecule has 0 amide bonds. The van der Waals surface area contributed by atoms with E-state index in [0.29, 0.717) is 12.1 Å². The highest BCUT2D eigenvalue weighted by molar-refractivity contribution is 5.35. The van der Waals surface area contributed by atoms with Gasteiger partial charge in [0.25, 0.3) is 0 Å². The van der Waals surface area contributed by atoms with Crippen molar-refractivity contribution in [3.05, 3.63) is 59.4 Å². The summed E-state index contributed by atoms with van der Waals surface area (Å²) >= 11 is 0. The monoisotopic (exact) mass is 261 g/mol. The molecule has 4 heteroatoms. The maximum Gasteiger partial charge on any atom is 0.123 e. The standard InChI is InChI=1S/C15H16FNO2/c1-10(14-8-12(16)4-7-15(14)19)17-9-11-2-5-13(18)6-3-11/h2-8,10,17-19H,9H2,1H3. The molecule has 100 valence electrons. The zero-order chi connectivity index (χ0) is 13.8. The minimum atomic E-state index is -0.369. The SMILES string of the molecule is CC(NCc1ccc(O)cc1)c1cc(F)ccc1O. The Labute approximate surface area is 111 Å². The lowest BCUT2D eigenvalue weighted by atomic mass is 10.1. The van der Waals surface area contributed by atoms with E-state index < -0.39 is 0 Å². The molecule has 0 saturated carbocycles. The molecule has 3 nitrogen and oxygen atoms in total. The fourth-order valence-electron chi connectivity index (χ4n) is 1.87. The van der Waals surface area contributed by atoms with Crippen LogP contribution >= 0.6 is 0 Å². The molecule has 0 bridgehead atoms. The first-order valence-electron chi connectivity index (χ1n) is 6.06. The molecule has 0 heterocycles. The van der Waals surface area contributed by atoms with Gasteiger partial charge in [-0.15, -0.1) is 0 Å². The smallest absolute Gasteiger partial charge is 0.123 e. The fourth-order valence-corrected chi connectivity index (χ4v) is 1.87. The Hall–Kier alpha value is -2.07. The third-order valence-electron chi connectivity index (χ3n) is 3.00. The number of phenols is 2. The first kappa shape index (κ1) is 13.4. The molecular formula is C15H16FNO2. The van der Waals surface area contributed by atoms with Crippen LogP contribution in [0.5, 0.6) is 11.5 Å². The number of hydrogen-bond donors (Lipinski definition) is 3. The Morgan fingerprint density at radius 1 is 1.11 bits per heavy atom. The molecule has 19 heavy (non-hydrogen) atoms. The Morgan fingerprint density at radius 3 is 2.47 bits per heavy atom. The average molecular weight is 261 g/mol. The summed E-state index contributed by atoms with van der Waals surface area (Å²) in [5.41, 5.74) is 1.53. The van der Waals surface area contributed by atoms with Crippen LogP contribution < -0.4 is 5.32 Å². The van der Waals surface area contributed by atoms with Gasteiger partial charge in [0.1, 0.15) is 17.3 Å². The van der Waals surface area contributed by atoms with E-state index in [2.05, 4.69) is 5.32 Å². The molecule has 1 unspecified atom stereocenters. The van der Waals surface area contributed by atoms with Gasteiger partial charge < -0.3 is 15.5 Å². The van der Waals surface area contributed by atoms with E-state index in [0.717, 1.165) is 5.56 Å². The number of rotatable bonds is 4. The molecule has 3 N–H and O–H groups in total. The van der Waals surface area contributed by atoms with Crippen molar-refractivity contribution in [1.82, 2.24) is 5.32 Å². The van der Waals surface area contributed by atoms with Gasteiger partial charge in [0.15, 0.2) is 0 Å². The summed E-state index contributed by atoms with van der Waals surface area (Å²) in [5.74, 6) is -0.0715. The maximum atomic E-state index is 13.1. The molecule has 0 aromatic heterocycles. The van der Waals surface area contributed by atoms with Crippen LogP contribution in [0.2, 0.25) is 0 Å². The zero-order valence-corrected chi connectivity index (χ0v) is 10.6. The zero-order valence-electron chi connectivity index (χ0n) is 10.6. The van der Waals surface area contributed by atoms with Crippen molar-refractivity contribution in [1.29, 1.82) is 0 Å². The topological polar surface area (TPSA) is 52.5 Å². The highest BCUT2D eigenvalue weighted by atomic mass is 19.1.